The molecule has 6 heteroatoms. The number of carbonyl (C=O) groups excluding carboxylic acids is 1. The van der Waals surface area contributed by atoms with Crippen LogP contribution in [-0.4, -0.2) is 57.3 Å². The van der Waals surface area contributed by atoms with Crippen molar-refractivity contribution < 1.29 is 25.2 Å². The lowest BCUT2D eigenvalue weighted by Gasteiger charge is -2.27. The highest BCUT2D eigenvalue weighted by atomic mass is 16.3. The van der Waals surface area contributed by atoms with E-state index in [1.807, 2.05) is 0 Å². The summed E-state index contributed by atoms with van der Waals surface area (Å²) in [6.07, 6.45) is 40.4. The third-order valence-electron chi connectivity index (χ3n) is 9.06. The van der Waals surface area contributed by atoms with Gasteiger partial charge in [-0.2, -0.15) is 0 Å². The topological polar surface area (TPSA) is 110 Å². The number of carbonyl (C=O) groups is 1. The minimum Gasteiger partial charge on any atom is -0.394 e. The molecule has 0 spiro atoms. The first-order valence-corrected chi connectivity index (χ1v) is 19.9. The van der Waals surface area contributed by atoms with E-state index in [-0.39, 0.29) is 0 Å². The summed E-state index contributed by atoms with van der Waals surface area (Å²) in [5.41, 5.74) is 0. The monoisotopic (exact) mass is 664 g/mol. The third kappa shape index (κ3) is 30.3. The quantitative estimate of drug-likeness (QED) is 0.0343. The average molecular weight is 664 g/mol. The largest absolute Gasteiger partial charge is 0.394 e. The molecule has 0 aromatic rings. The number of aliphatic hydroxyl groups excluding tert-OH is 4. The Labute approximate surface area is 290 Å². The SMILES string of the molecule is CCCCCCCCCCC/C=C/CC/C=C/CC/C=C/CCCC(O)C(O)C(CO)NC(=O)C(O)CCCCCCCCCCC. The predicted octanol–water partition coefficient (Wildman–Crippen LogP) is 9.79. The highest BCUT2D eigenvalue weighted by molar-refractivity contribution is 5.80. The lowest BCUT2D eigenvalue weighted by atomic mass is 10.00. The van der Waals surface area contributed by atoms with Gasteiger partial charge in [-0.3, -0.25) is 4.79 Å². The van der Waals surface area contributed by atoms with Crippen LogP contribution in [-0.2, 0) is 4.79 Å². The van der Waals surface area contributed by atoms with Crippen molar-refractivity contribution in [3.8, 4) is 0 Å². The van der Waals surface area contributed by atoms with E-state index in [9.17, 15) is 25.2 Å². The van der Waals surface area contributed by atoms with Crippen molar-refractivity contribution in [1.29, 1.82) is 0 Å². The molecule has 276 valence electrons. The number of rotatable bonds is 35. The maximum Gasteiger partial charge on any atom is 0.249 e. The molecular formula is C41H77NO5. The van der Waals surface area contributed by atoms with Crippen molar-refractivity contribution >= 4 is 5.91 Å². The van der Waals surface area contributed by atoms with Crippen molar-refractivity contribution in [2.45, 2.75) is 212 Å². The van der Waals surface area contributed by atoms with Gasteiger partial charge in [0.15, 0.2) is 0 Å². The number of amides is 1. The number of allylic oxidation sites excluding steroid dienone is 6. The molecule has 0 fully saturated rings. The van der Waals surface area contributed by atoms with Gasteiger partial charge in [0.2, 0.25) is 5.91 Å². The van der Waals surface area contributed by atoms with Gasteiger partial charge < -0.3 is 25.7 Å². The second kappa shape index (κ2) is 35.8. The zero-order valence-corrected chi connectivity index (χ0v) is 30.8. The summed E-state index contributed by atoms with van der Waals surface area (Å²) in [7, 11) is 0. The predicted molar refractivity (Wildman–Crippen MR) is 200 cm³/mol. The van der Waals surface area contributed by atoms with Crippen LogP contribution < -0.4 is 5.32 Å². The van der Waals surface area contributed by atoms with Crippen molar-refractivity contribution in [3.05, 3.63) is 36.5 Å². The second-order valence-corrected chi connectivity index (χ2v) is 13.6. The van der Waals surface area contributed by atoms with Crippen molar-refractivity contribution in [2.24, 2.45) is 0 Å². The molecule has 0 aliphatic carbocycles. The van der Waals surface area contributed by atoms with Crippen molar-refractivity contribution in [3.63, 3.8) is 0 Å². The average Bonchev–Trinajstić information content (AvgIpc) is 3.07. The number of nitrogens with one attached hydrogen (secondary N) is 1. The molecule has 0 aliphatic rings. The van der Waals surface area contributed by atoms with Gasteiger partial charge >= 0.3 is 0 Å². The Morgan fingerprint density at radius 3 is 1.34 bits per heavy atom. The van der Waals surface area contributed by atoms with Gasteiger partial charge in [-0.05, 0) is 64.2 Å². The van der Waals surface area contributed by atoms with Crippen LogP contribution in [0.3, 0.4) is 0 Å². The Morgan fingerprint density at radius 1 is 0.511 bits per heavy atom. The van der Waals surface area contributed by atoms with Crippen LogP contribution in [0.4, 0.5) is 0 Å². The molecule has 5 N–H and O–H groups in total. The van der Waals surface area contributed by atoms with Crippen molar-refractivity contribution in [2.75, 3.05) is 6.61 Å². The van der Waals surface area contributed by atoms with E-state index in [4.69, 9.17) is 0 Å². The maximum absolute atomic E-state index is 12.4. The summed E-state index contributed by atoms with van der Waals surface area (Å²) >= 11 is 0. The molecule has 0 aromatic carbocycles. The zero-order valence-electron chi connectivity index (χ0n) is 30.8. The van der Waals surface area contributed by atoms with Gasteiger partial charge in [0, 0.05) is 0 Å². The Hall–Kier alpha value is -1.47. The van der Waals surface area contributed by atoms with Gasteiger partial charge in [-0.25, -0.2) is 0 Å². The van der Waals surface area contributed by atoms with Crippen LogP contribution in [0.15, 0.2) is 36.5 Å². The molecule has 0 radical (unpaired) electrons. The normalized spacial score (nSPS) is 14.8. The molecule has 0 rings (SSSR count). The van der Waals surface area contributed by atoms with E-state index in [0.29, 0.717) is 19.3 Å². The fraction of sp³-hybridized carbons (Fsp3) is 0.829. The number of unbranched alkanes of at least 4 members (excludes halogenated alkanes) is 20. The minimum atomic E-state index is -1.29. The summed E-state index contributed by atoms with van der Waals surface area (Å²) in [4.78, 5) is 12.4. The first-order valence-electron chi connectivity index (χ1n) is 19.9. The first-order chi connectivity index (χ1) is 23.0. The fourth-order valence-electron chi connectivity index (χ4n) is 5.85. The molecule has 0 bridgehead atoms. The van der Waals surface area contributed by atoms with E-state index in [1.165, 1.54) is 103 Å². The molecule has 0 aromatic heterocycles. The lowest BCUT2D eigenvalue weighted by Crippen LogP contribution is -2.53. The summed E-state index contributed by atoms with van der Waals surface area (Å²) in [6, 6.07) is -1.01. The van der Waals surface area contributed by atoms with Gasteiger partial charge in [0.05, 0.1) is 18.8 Å². The number of hydrogen-bond acceptors (Lipinski definition) is 5. The van der Waals surface area contributed by atoms with Crippen LogP contribution >= 0.6 is 0 Å². The molecular weight excluding hydrogens is 586 g/mol. The highest BCUT2D eigenvalue weighted by Gasteiger charge is 2.28. The third-order valence-corrected chi connectivity index (χ3v) is 9.06. The minimum absolute atomic E-state index is 0.359. The second-order valence-electron chi connectivity index (χ2n) is 13.6. The maximum atomic E-state index is 12.4. The molecule has 47 heavy (non-hydrogen) atoms. The van der Waals surface area contributed by atoms with E-state index in [1.54, 1.807) is 0 Å². The van der Waals surface area contributed by atoms with Crippen LogP contribution in [0.2, 0.25) is 0 Å². The van der Waals surface area contributed by atoms with E-state index < -0.39 is 36.9 Å². The first kappa shape index (κ1) is 45.5. The van der Waals surface area contributed by atoms with Crippen LogP contribution in [0.5, 0.6) is 0 Å². The van der Waals surface area contributed by atoms with Crippen LogP contribution in [0, 0.1) is 0 Å². The molecule has 1 amide bonds. The number of aliphatic hydroxyl groups is 4. The van der Waals surface area contributed by atoms with Crippen LogP contribution in [0.25, 0.3) is 0 Å². The van der Waals surface area contributed by atoms with Crippen LogP contribution in [0.1, 0.15) is 187 Å². The fourth-order valence-corrected chi connectivity index (χ4v) is 5.85. The Bertz CT molecular complexity index is 752. The lowest BCUT2D eigenvalue weighted by molar-refractivity contribution is -0.132. The summed E-state index contributed by atoms with van der Waals surface area (Å²) in [6.45, 7) is 3.98. The van der Waals surface area contributed by atoms with Gasteiger partial charge in [0.25, 0.3) is 0 Å². The van der Waals surface area contributed by atoms with E-state index >= 15 is 0 Å². The smallest absolute Gasteiger partial charge is 0.249 e. The van der Waals surface area contributed by atoms with Gasteiger partial charge in [-0.15, -0.1) is 0 Å². The van der Waals surface area contributed by atoms with Gasteiger partial charge in [0.1, 0.15) is 12.2 Å². The van der Waals surface area contributed by atoms with E-state index in [0.717, 1.165) is 51.4 Å². The molecule has 0 aliphatic heterocycles. The molecule has 6 nitrogen and oxygen atoms in total. The highest BCUT2D eigenvalue weighted by Crippen LogP contribution is 2.14. The molecule has 0 saturated heterocycles. The summed E-state index contributed by atoms with van der Waals surface area (Å²) < 4.78 is 0. The molecule has 0 heterocycles. The Kier molecular flexibility index (Phi) is 34.7. The Balaban J connectivity index is 3.84. The summed E-state index contributed by atoms with van der Waals surface area (Å²) in [5.74, 6) is -0.604. The summed E-state index contributed by atoms with van der Waals surface area (Å²) in [5, 5.41) is 43.3. The standard InChI is InChI=1S/C41H77NO5/c1-3-5-7-9-11-13-14-15-16-17-18-19-20-21-22-23-24-25-27-28-30-32-34-38(44)40(46)37(36-43)42-41(47)39(45)35-33-31-29-26-12-10-8-6-4-2/h18-19,22-23,27-28,37-40,43-46H,3-17,20-21,24-26,29-36H2,1-2H3,(H,42,47)/b19-18+,23-22+,28-27+. The number of hydrogen-bond donors (Lipinski definition) is 5. The molecule has 4 atom stereocenters. The zero-order chi connectivity index (χ0) is 34.6. The van der Waals surface area contributed by atoms with E-state index in [2.05, 4.69) is 55.6 Å². The molecule has 4 unspecified atom stereocenters. The Morgan fingerprint density at radius 2 is 0.894 bits per heavy atom. The van der Waals surface area contributed by atoms with Crippen molar-refractivity contribution in [1.82, 2.24) is 5.32 Å². The molecule has 0 saturated carbocycles. The van der Waals surface area contributed by atoms with Gasteiger partial charge in [-0.1, -0.05) is 159 Å².